The number of hydrogen-bond donors (Lipinski definition) is 1. The van der Waals surface area contributed by atoms with Crippen LogP contribution in [0.2, 0.25) is 0 Å². The molecule has 0 spiro atoms. The maximum atomic E-state index is 9.41. The van der Waals surface area contributed by atoms with Gasteiger partial charge >= 0.3 is 0 Å². The molecule has 1 N–H and O–H groups in total. The molecule has 0 bridgehead atoms. The predicted octanol–water partition coefficient (Wildman–Crippen LogP) is 4.47. The van der Waals surface area contributed by atoms with Crippen molar-refractivity contribution < 1.29 is 5.11 Å². The minimum atomic E-state index is 0.327. The number of phenols is 1. The molecule has 0 fully saturated rings. The second-order valence-corrected chi connectivity index (χ2v) is 4.91. The van der Waals surface area contributed by atoms with E-state index in [0.717, 1.165) is 12.8 Å². The smallest absolute Gasteiger partial charge is 0.115 e. The summed E-state index contributed by atoms with van der Waals surface area (Å²) >= 11 is 0. The first kappa shape index (κ1) is 13.6. The van der Waals surface area contributed by atoms with Crippen LogP contribution < -0.4 is 0 Å². The summed E-state index contributed by atoms with van der Waals surface area (Å²) in [6.07, 6.45) is 5.96. The molecule has 19 heavy (non-hydrogen) atoms. The summed E-state index contributed by atoms with van der Waals surface area (Å²) in [6.45, 7) is 4.44. The first-order chi connectivity index (χ1) is 9.26. The van der Waals surface area contributed by atoms with E-state index in [0.29, 0.717) is 17.6 Å². The van der Waals surface area contributed by atoms with E-state index < -0.39 is 0 Å². The molecule has 2 heteroatoms. The summed E-state index contributed by atoms with van der Waals surface area (Å²) in [6, 6.07) is 11.8. The molecule has 1 aromatic carbocycles. The highest BCUT2D eigenvalue weighted by Gasteiger charge is 2.21. The van der Waals surface area contributed by atoms with Crippen molar-refractivity contribution in [2.75, 3.05) is 0 Å². The SMILES string of the molecule is CCC(c1ccc(O)cc1)C(CC)c1cccnc1. The van der Waals surface area contributed by atoms with Crippen molar-refractivity contribution in [1.29, 1.82) is 0 Å². The summed E-state index contributed by atoms with van der Waals surface area (Å²) in [4.78, 5) is 4.24. The molecule has 0 aliphatic rings. The summed E-state index contributed by atoms with van der Waals surface area (Å²) < 4.78 is 0. The van der Waals surface area contributed by atoms with Gasteiger partial charge in [0.2, 0.25) is 0 Å². The maximum Gasteiger partial charge on any atom is 0.115 e. The Labute approximate surface area is 115 Å². The molecule has 0 aliphatic carbocycles. The monoisotopic (exact) mass is 255 g/mol. The van der Waals surface area contributed by atoms with Gasteiger partial charge in [-0.05, 0) is 54.0 Å². The van der Waals surface area contributed by atoms with Crippen molar-refractivity contribution in [3.05, 3.63) is 59.9 Å². The van der Waals surface area contributed by atoms with Gasteiger partial charge in [-0.25, -0.2) is 0 Å². The molecule has 2 aromatic rings. The lowest BCUT2D eigenvalue weighted by Crippen LogP contribution is -2.10. The molecular weight excluding hydrogens is 234 g/mol. The van der Waals surface area contributed by atoms with Crippen LogP contribution in [0.25, 0.3) is 0 Å². The van der Waals surface area contributed by atoms with Crippen LogP contribution in [0.4, 0.5) is 0 Å². The van der Waals surface area contributed by atoms with E-state index >= 15 is 0 Å². The fraction of sp³-hybridized carbons (Fsp3) is 0.353. The third-order valence-corrected chi connectivity index (χ3v) is 3.80. The van der Waals surface area contributed by atoms with Crippen molar-refractivity contribution in [1.82, 2.24) is 4.98 Å². The van der Waals surface area contributed by atoms with Crippen molar-refractivity contribution in [2.45, 2.75) is 38.5 Å². The van der Waals surface area contributed by atoms with Gasteiger partial charge in [-0.1, -0.05) is 32.0 Å². The van der Waals surface area contributed by atoms with Crippen LogP contribution in [-0.4, -0.2) is 10.1 Å². The van der Waals surface area contributed by atoms with E-state index in [1.165, 1.54) is 11.1 Å². The predicted molar refractivity (Wildman–Crippen MR) is 78.4 cm³/mol. The average Bonchev–Trinajstić information content (AvgIpc) is 2.47. The molecule has 1 aromatic heterocycles. The van der Waals surface area contributed by atoms with E-state index in [1.54, 1.807) is 12.1 Å². The van der Waals surface area contributed by atoms with Gasteiger partial charge in [-0.3, -0.25) is 4.98 Å². The molecule has 0 radical (unpaired) electrons. The second kappa shape index (κ2) is 6.37. The lowest BCUT2D eigenvalue weighted by atomic mass is 9.79. The van der Waals surface area contributed by atoms with Crippen LogP contribution in [0, 0.1) is 0 Å². The Balaban J connectivity index is 2.31. The highest BCUT2D eigenvalue weighted by Crippen LogP contribution is 2.37. The average molecular weight is 255 g/mol. The van der Waals surface area contributed by atoms with E-state index in [4.69, 9.17) is 0 Å². The molecule has 100 valence electrons. The minimum Gasteiger partial charge on any atom is -0.508 e. The normalized spacial score (nSPS) is 14.0. The zero-order valence-corrected chi connectivity index (χ0v) is 11.6. The molecule has 0 saturated carbocycles. The van der Waals surface area contributed by atoms with Crippen molar-refractivity contribution in [3.63, 3.8) is 0 Å². The largest absolute Gasteiger partial charge is 0.508 e. The Bertz CT molecular complexity index is 492. The van der Waals surface area contributed by atoms with E-state index in [-0.39, 0.29) is 0 Å². The van der Waals surface area contributed by atoms with Gasteiger partial charge in [0.25, 0.3) is 0 Å². The number of hydrogen-bond acceptors (Lipinski definition) is 2. The molecule has 0 aliphatic heterocycles. The summed E-state index contributed by atoms with van der Waals surface area (Å²) in [5.41, 5.74) is 2.58. The number of aromatic hydroxyl groups is 1. The number of phenolic OH excluding ortho intramolecular Hbond substituents is 1. The molecule has 0 saturated heterocycles. The van der Waals surface area contributed by atoms with E-state index in [2.05, 4.69) is 24.9 Å². The van der Waals surface area contributed by atoms with Crippen LogP contribution >= 0.6 is 0 Å². The van der Waals surface area contributed by atoms with Crippen LogP contribution in [0.3, 0.4) is 0 Å². The maximum absolute atomic E-state index is 9.41. The second-order valence-electron chi connectivity index (χ2n) is 4.91. The lowest BCUT2D eigenvalue weighted by molar-refractivity contribution is 0.472. The fourth-order valence-corrected chi connectivity index (χ4v) is 2.82. The van der Waals surface area contributed by atoms with Gasteiger partial charge in [0.05, 0.1) is 0 Å². The highest BCUT2D eigenvalue weighted by atomic mass is 16.3. The lowest BCUT2D eigenvalue weighted by Gasteiger charge is -2.26. The Kier molecular flexibility index (Phi) is 4.56. The molecule has 0 amide bonds. The molecule has 1 heterocycles. The van der Waals surface area contributed by atoms with Gasteiger partial charge in [-0.15, -0.1) is 0 Å². The Morgan fingerprint density at radius 1 is 0.947 bits per heavy atom. The third kappa shape index (κ3) is 3.14. The van der Waals surface area contributed by atoms with Gasteiger partial charge in [0.15, 0.2) is 0 Å². The van der Waals surface area contributed by atoms with E-state index in [9.17, 15) is 5.11 Å². The molecule has 2 atom stereocenters. The van der Waals surface area contributed by atoms with Crippen molar-refractivity contribution in [2.24, 2.45) is 0 Å². The molecule has 2 nitrogen and oxygen atoms in total. The van der Waals surface area contributed by atoms with Gasteiger partial charge < -0.3 is 5.11 Å². The zero-order valence-electron chi connectivity index (χ0n) is 11.6. The zero-order chi connectivity index (χ0) is 13.7. The third-order valence-electron chi connectivity index (χ3n) is 3.80. The van der Waals surface area contributed by atoms with Gasteiger partial charge in [0.1, 0.15) is 5.75 Å². The van der Waals surface area contributed by atoms with Crippen LogP contribution in [0.1, 0.15) is 49.7 Å². The first-order valence-electron chi connectivity index (χ1n) is 6.95. The van der Waals surface area contributed by atoms with Gasteiger partial charge in [0, 0.05) is 12.4 Å². The van der Waals surface area contributed by atoms with Gasteiger partial charge in [-0.2, -0.15) is 0 Å². The summed E-state index contributed by atoms with van der Waals surface area (Å²) in [7, 11) is 0. The van der Waals surface area contributed by atoms with Crippen LogP contribution in [-0.2, 0) is 0 Å². The topological polar surface area (TPSA) is 33.1 Å². The number of aromatic nitrogens is 1. The Morgan fingerprint density at radius 2 is 1.58 bits per heavy atom. The highest BCUT2D eigenvalue weighted by molar-refractivity contribution is 5.31. The fourth-order valence-electron chi connectivity index (χ4n) is 2.82. The van der Waals surface area contributed by atoms with Crippen LogP contribution in [0.15, 0.2) is 48.8 Å². The summed E-state index contributed by atoms with van der Waals surface area (Å²) in [5, 5.41) is 9.41. The van der Waals surface area contributed by atoms with Crippen LogP contribution in [0.5, 0.6) is 5.75 Å². The number of benzene rings is 1. The van der Waals surface area contributed by atoms with E-state index in [1.807, 2.05) is 30.6 Å². The molecule has 2 unspecified atom stereocenters. The Hall–Kier alpha value is -1.83. The quantitative estimate of drug-likeness (QED) is 0.854. The van der Waals surface area contributed by atoms with Crippen molar-refractivity contribution in [3.8, 4) is 5.75 Å². The first-order valence-corrected chi connectivity index (χ1v) is 6.95. The number of pyridine rings is 1. The standard InChI is InChI=1S/C17H21NO/c1-3-16(13-7-9-15(19)10-8-13)17(4-2)14-6-5-11-18-12-14/h5-12,16-17,19H,3-4H2,1-2H3. The summed E-state index contributed by atoms with van der Waals surface area (Å²) in [5.74, 6) is 1.27. The molecular formula is C17H21NO. The Morgan fingerprint density at radius 3 is 2.11 bits per heavy atom. The minimum absolute atomic E-state index is 0.327. The number of rotatable bonds is 5. The molecule has 2 rings (SSSR count). The van der Waals surface area contributed by atoms with Crippen molar-refractivity contribution >= 4 is 0 Å². The number of nitrogens with zero attached hydrogens (tertiary/aromatic N) is 1.